The van der Waals surface area contributed by atoms with Crippen LogP contribution in [0.4, 0.5) is 13.2 Å². The normalized spacial score (nSPS) is 12.1. The van der Waals surface area contributed by atoms with Gasteiger partial charge in [0.15, 0.2) is 0 Å². The van der Waals surface area contributed by atoms with Gasteiger partial charge >= 0.3 is 6.18 Å². The molecule has 4 N–H and O–H groups in total. The van der Waals surface area contributed by atoms with Crippen molar-refractivity contribution < 1.29 is 28.1 Å². The van der Waals surface area contributed by atoms with Gasteiger partial charge in [-0.1, -0.05) is 46.3 Å². The zero-order valence-corrected chi connectivity index (χ0v) is 18.4. The van der Waals surface area contributed by atoms with Crippen molar-refractivity contribution >= 4 is 34.4 Å². The highest BCUT2D eigenvalue weighted by Crippen LogP contribution is 2.37. The molecule has 0 aliphatic heterocycles. The molecular weight excluding hydrogens is 487 g/mol. The first-order valence-corrected chi connectivity index (χ1v) is 9.74. The van der Waals surface area contributed by atoms with Crippen molar-refractivity contribution in [2.45, 2.75) is 24.6 Å². The van der Waals surface area contributed by atoms with Crippen LogP contribution in [0, 0.1) is 0 Å². The zero-order chi connectivity index (χ0) is 21.5. The number of benzene rings is 2. The number of hydrogen-bond donors (Lipinski definition) is 3. The third-order valence-corrected chi connectivity index (χ3v) is 4.76. The highest BCUT2D eigenvalue weighted by molar-refractivity contribution is 9.10. The maximum atomic E-state index is 13.4. The SMILES string of the molecule is Cl.NC(/C=C/c1ccc(OCCCc2cccc(Br)c2)c(C(F)(F)F)c1)(CO)CO. The number of aliphatic hydroxyl groups is 2. The Labute approximate surface area is 188 Å². The van der Waals surface area contributed by atoms with E-state index >= 15 is 0 Å². The van der Waals surface area contributed by atoms with Gasteiger partial charge in [-0.2, -0.15) is 13.2 Å². The molecule has 0 aromatic heterocycles. The Morgan fingerprint density at radius 1 is 1.07 bits per heavy atom. The van der Waals surface area contributed by atoms with Crippen LogP contribution in [0.3, 0.4) is 0 Å². The molecule has 9 heteroatoms. The number of rotatable bonds is 9. The van der Waals surface area contributed by atoms with Crippen LogP contribution in [-0.4, -0.2) is 35.6 Å². The summed E-state index contributed by atoms with van der Waals surface area (Å²) in [6.45, 7) is -0.928. The van der Waals surface area contributed by atoms with E-state index in [1.165, 1.54) is 24.3 Å². The van der Waals surface area contributed by atoms with Gasteiger partial charge in [-0.3, -0.25) is 0 Å². The predicted molar refractivity (Wildman–Crippen MR) is 117 cm³/mol. The number of halogens is 5. The van der Waals surface area contributed by atoms with Gasteiger partial charge in [0.25, 0.3) is 0 Å². The van der Waals surface area contributed by atoms with Crippen LogP contribution in [0.2, 0.25) is 0 Å². The summed E-state index contributed by atoms with van der Waals surface area (Å²) in [4.78, 5) is 0. The fraction of sp³-hybridized carbons (Fsp3) is 0.333. The summed E-state index contributed by atoms with van der Waals surface area (Å²) in [6.07, 6.45) is -0.725. The first-order valence-electron chi connectivity index (χ1n) is 8.95. The molecule has 0 spiro atoms. The molecule has 30 heavy (non-hydrogen) atoms. The summed E-state index contributed by atoms with van der Waals surface area (Å²) >= 11 is 3.38. The van der Waals surface area contributed by atoms with Crippen molar-refractivity contribution in [1.82, 2.24) is 0 Å². The Morgan fingerprint density at radius 3 is 2.37 bits per heavy atom. The van der Waals surface area contributed by atoms with Crippen LogP contribution < -0.4 is 10.5 Å². The molecule has 166 valence electrons. The topological polar surface area (TPSA) is 75.7 Å². The largest absolute Gasteiger partial charge is 0.493 e. The number of aliphatic hydroxyl groups excluding tert-OH is 2. The van der Waals surface area contributed by atoms with E-state index in [0.29, 0.717) is 12.8 Å². The average molecular weight is 511 g/mol. The van der Waals surface area contributed by atoms with E-state index in [-0.39, 0.29) is 30.3 Å². The molecule has 0 atom stereocenters. The number of hydrogen-bond acceptors (Lipinski definition) is 4. The summed E-state index contributed by atoms with van der Waals surface area (Å²) in [6, 6.07) is 11.4. The van der Waals surface area contributed by atoms with Crippen molar-refractivity contribution in [1.29, 1.82) is 0 Å². The van der Waals surface area contributed by atoms with Gasteiger partial charge in [-0.05, 0) is 48.2 Å². The molecule has 0 unspecified atom stereocenters. The predicted octanol–water partition coefficient (Wildman–Crippen LogP) is 4.60. The number of nitrogens with two attached hydrogens (primary N) is 1. The minimum Gasteiger partial charge on any atom is -0.493 e. The van der Waals surface area contributed by atoms with E-state index in [2.05, 4.69) is 15.9 Å². The fourth-order valence-electron chi connectivity index (χ4n) is 2.57. The second-order valence-electron chi connectivity index (χ2n) is 6.72. The Bertz CT molecular complexity index is 842. The summed E-state index contributed by atoms with van der Waals surface area (Å²) in [5, 5.41) is 18.3. The second kappa shape index (κ2) is 11.7. The molecule has 0 saturated heterocycles. The molecule has 0 fully saturated rings. The van der Waals surface area contributed by atoms with Gasteiger partial charge in [0.05, 0.1) is 30.9 Å². The molecule has 0 radical (unpaired) electrons. The third kappa shape index (κ3) is 7.92. The lowest BCUT2D eigenvalue weighted by atomic mass is 10.0. The maximum absolute atomic E-state index is 13.4. The van der Waals surface area contributed by atoms with E-state index in [1.54, 1.807) is 0 Å². The lowest BCUT2D eigenvalue weighted by Gasteiger charge is -2.20. The second-order valence-corrected chi connectivity index (χ2v) is 7.63. The highest BCUT2D eigenvalue weighted by Gasteiger charge is 2.34. The van der Waals surface area contributed by atoms with E-state index in [4.69, 9.17) is 10.5 Å². The van der Waals surface area contributed by atoms with Crippen LogP contribution in [0.1, 0.15) is 23.1 Å². The fourth-order valence-corrected chi connectivity index (χ4v) is 3.01. The number of ether oxygens (including phenoxy) is 1. The minimum atomic E-state index is -4.59. The lowest BCUT2D eigenvalue weighted by Crippen LogP contribution is -2.45. The van der Waals surface area contributed by atoms with E-state index in [0.717, 1.165) is 16.1 Å². The summed E-state index contributed by atoms with van der Waals surface area (Å²) in [7, 11) is 0. The maximum Gasteiger partial charge on any atom is 0.419 e. The highest BCUT2D eigenvalue weighted by atomic mass is 79.9. The Morgan fingerprint density at radius 2 is 1.77 bits per heavy atom. The number of alkyl halides is 3. The zero-order valence-electron chi connectivity index (χ0n) is 16.0. The average Bonchev–Trinajstić information content (AvgIpc) is 2.69. The molecular formula is C21H24BrClF3NO3. The van der Waals surface area contributed by atoms with Gasteiger partial charge in [-0.25, -0.2) is 0 Å². The van der Waals surface area contributed by atoms with Gasteiger partial charge in [-0.15, -0.1) is 12.4 Å². The Balaban J connectivity index is 0.00000450. The van der Waals surface area contributed by atoms with E-state index in [1.807, 2.05) is 24.3 Å². The van der Waals surface area contributed by atoms with Crippen LogP contribution >= 0.6 is 28.3 Å². The Kier molecular flexibility index (Phi) is 10.3. The van der Waals surface area contributed by atoms with Crippen LogP contribution in [0.5, 0.6) is 5.75 Å². The third-order valence-electron chi connectivity index (χ3n) is 4.26. The first kappa shape index (κ1) is 26.5. The van der Waals surface area contributed by atoms with Crippen molar-refractivity contribution in [3.8, 4) is 5.75 Å². The molecule has 0 saturated carbocycles. The van der Waals surface area contributed by atoms with Crippen molar-refractivity contribution in [2.24, 2.45) is 5.73 Å². The van der Waals surface area contributed by atoms with Gasteiger partial charge in [0, 0.05) is 4.47 Å². The molecule has 2 aromatic carbocycles. The summed E-state index contributed by atoms with van der Waals surface area (Å²) in [5.41, 5.74) is 4.71. The van der Waals surface area contributed by atoms with Crippen molar-refractivity contribution in [3.63, 3.8) is 0 Å². The van der Waals surface area contributed by atoms with Gasteiger partial charge in [0.1, 0.15) is 5.75 Å². The van der Waals surface area contributed by atoms with Crippen LogP contribution in [0.15, 0.2) is 53.0 Å². The molecule has 0 aliphatic carbocycles. The summed E-state index contributed by atoms with van der Waals surface area (Å²) in [5.74, 6) is -0.243. The molecule has 2 rings (SSSR count). The summed E-state index contributed by atoms with van der Waals surface area (Å²) < 4.78 is 46.7. The van der Waals surface area contributed by atoms with Crippen molar-refractivity contribution in [3.05, 3.63) is 69.7 Å². The molecule has 0 aliphatic rings. The molecule has 2 aromatic rings. The first-order chi connectivity index (χ1) is 13.7. The van der Waals surface area contributed by atoms with E-state index in [9.17, 15) is 23.4 Å². The van der Waals surface area contributed by atoms with Crippen molar-refractivity contribution in [2.75, 3.05) is 19.8 Å². The molecule has 4 nitrogen and oxygen atoms in total. The lowest BCUT2D eigenvalue weighted by molar-refractivity contribution is -0.139. The number of aryl methyl sites for hydroxylation is 1. The Hall–Kier alpha value is -1.58. The van der Waals surface area contributed by atoms with Crippen LogP contribution in [0.25, 0.3) is 6.08 Å². The molecule has 0 heterocycles. The standard InChI is InChI=1S/C21H23BrF3NO3.ClH/c22-17-5-1-3-15(11-17)4-2-10-29-19-7-6-16(12-18(19)21(23,24)25)8-9-20(26,13-27)14-28;/h1,3,5-9,11-12,27-28H,2,4,10,13-14,26H2;1H/b9-8+;. The van der Waals surface area contributed by atoms with Crippen LogP contribution in [-0.2, 0) is 12.6 Å². The monoisotopic (exact) mass is 509 g/mol. The molecule has 0 bridgehead atoms. The van der Waals surface area contributed by atoms with Gasteiger partial charge in [0.2, 0.25) is 0 Å². The molecule has 0 amide bonds. The quantitative estimate of drug-likeness (QED) is 0.431. The van der Waals surface area contributed by atoms with E-state index < -0.39 is 30.5 Å². The smallest absolute Gasteiger partial charge is 0.419 e. The minimum absolute atomic E-state index is 0. The van der Waals surface area contributed by atoms with Gasteiger partial charge < -0.3 is 20.7 Å².